The molecule has 110 valence electrons. The Hall–Kier alpha value is -2.70. The fourth-order valence-electron chi connectivity index (χ4n) is 1.69. The van der Waals surface area contributed by atoms with Crippen LogP contribution in [0, 0.1) is 0 Å². The van der Waals surface area contributed by atoms with E-state index in [0.717, 1.165) is 0 Å². The van der Waals surface area contributed by atoms with Crippen molar-refractivity contribution in [3.63, 3.8) is 0 Å². The summed E-state index contributed by atoms with van der Waals surface area (Å²) in [6.07, 6.45) is 3.58. The van der Waals surface area contributed by atoms with Gasteiger partial charge in [0.1, 0.15) is 11.2 Å². The van der Waals surface area contributed by atoms with E-state index in [-0.39, 0.29) is 12.1 Å². The summed E-state index contributed by atoms with van der Waals surface area (Å²) >= 11 is 0. The standard InChI is InChI=1S/C14H16N4O3/c1-3-14(2,13(20)21)17-12(19)10-6-4-7-11(16-10)18-9-5-8-15-18/h4-9H,3H2,1-2H3,(H,17,19)(H,20,21). The van der Waals surface area contributed by atoms with Gasteiger partial charge in [0, 0.05) is 12.4 Å². The van der Waals surface area contributed by atoms with Crippen molar-refractivity contribution < 1.29 is 14.7 Å². The Kier molecular flexibility index (Phi) is 4.02. The number of nitrogens with one attached hydrogen (secondary N) is 1. The number of hydrogen-bond donors (Lipinski definition) is 2. The van der Waals surface area contributed by atoms with Crippen LogP contribution in [0.25, 0.3) is 5.82 Å². The predicted octanol–water partition coefficient (Wildman–Crippen LogP) is 1.25. The number of carbonyl (C=O) groups excluding carboxylic acids is 1. The third kappa shape index (κ3) is 3.07. The van der Waals surface area contributed by atoms with Crippen LogP contribution in [0.2, 0.25) is 0 Å². The molecule has 0 saturated heterocycles. The molecule has 1 atom stereocenters. The number of hydrogen-bond acceptors (Lipinski definition) is 4. The van der Waals surface area contributed by atoms with Gasteiger partial charge in [0.05, 0.1) is 0 Å². The first-order valence-electron chi connectivity index (χ1n) is 6.49. The van der Waals surface area contributed by atoms with Crippen molar-refractivity contribution in [2.45, 2.75) is 25.8 Å². The second-order valence-electron chi connectivity index (χ2n) is 4.78. The molecule has 2 aromatic heterocycles. The average Bonchev–Trinajstić information content (AvgIpc) is 3.01. The first kappa shape index (κ1) is 14.7. The van der Waals surface area contributed by atoms with Crippen molar-refractivity contribution in [2.75, 3.05) is 0 Å². The smallest absolute Gasteiger partial charge is 0.329 e. The Labute approximate surface area is 121 Å². The number of nitrogens with zero attached hydrogens (tertiary/aromatic N) is 3. The van der Waals surface area contributed by atoms with E-state index in [1.54, 1.807) is 37.5 Å². The lowest BCUT2D eigenvalue weighted by Crippen LogP contribution is -2.51. The van der Waals surface area contributed by atoms with Gasteiger partial charge >= 0.3 is 5.97 Å². The quantitative estimate of drug-likeness (QED) is 0.863. The van der Waals surface area contributed by atoms with Gasteiger partial charge in [0.2, 0.25) is 0 Å². The highest BCUT2D eigenvalue weighted by molar-refractivity contribution is 5.96. The van der Waals surface area contributed by atoms with Gasteiger partial charge in [-0.05, 0) is 31.5 Å². The molecule has 2 heterocycles. The van der Waals surface area contributed by atoms with Crippen LogP contribution < -0.4 is 5.32 Å². The number of carboxylic acids is 1. The largest absolute Gasteiger partial charge is 0.480 e. The molecule has 0 aliphatic rings. The minimum atomic E-state index is -1.32. The summed E-state index contributed by atoms with van der Waals surface area (Å²) in [5.41, 5.74) is -1.18. The summed E-state index contributed by atoms with van der Waals surface area (Å²) in [6.45, 7) is 3.16. The molecule has 0 radical (unpaired) electrons. The van der Waals surface area contributed by atoms with Crippen LogP contribution >= 0.6 is 0 Å². The van der Waals surface area contributed by atoms with Crippen LogP contribution in [0.1, 0.15) is 30.8 Å². The van der Waals surface area contributed by atoms with Crippen LogP contribution in [0.15, 0.2) is 36.7 Å². The summed E-state index contributed by atoms with van der Waals surface area (Å²) in [5.74, 6) is -1.13. The number of rotatable bonds is 5. The van der Waals surface area contributed by atoms with E-state index in [1.165, 1.54) is 17.7 Å². The highest BCUT2D eigenvalue weighted by Crippen LogP contribution is 2.11. The zero-order chi connectivity index (χ0) is 15.5. The normalized spacial score (nSPS) is 13.4. The van der Waals surface area contributed by atoms with Crippen molar-refractivity contribution in [3.05, 3.63) is 42.4 Å². The Bertz CT molecular complexity index is 654. The van der Waals surface area contributed by atoms with Crippen LogP contribution in [0.5, 0.6) is 0 Å². The third-order valence-electron chi connectivity index (χ3n) is 3.27. The highest BCUT2D eigenvalue weighted by atomic mass is 16.4. The van der Waals surface area contributed by atoms with Crippen LogP contribution in [0.4, 0.5) is 0 Å². The van der Waals surface area contributed by atoms with Crippen molar-refractivity contribution in [3.8, 4) is 5.82 Å². The van der Waals surface area contributed by atoms with E-state index in [1.807, 2.05) is 0 Å². The van der Waals surface area contributed by atoms with E-state index in [9.17, 15) is 14.7 Å². The molecule has 21 heavy (non-hydrogen) atoms. The lowest BCUT2D eigenvalue weighted by Gasteiger charge is -2.24. The molecule has 0 fully saturated rings. The zero-order valence-corrected chi connectivity index (χ0v) is 11.8. The number of pyridine rings is 1. The van der Waals surface area contributed by atoms with E-state index in [4.69, 9.17) is 0 Å². The maximum atomic E-state index is 12.2. The molecule has 0 bridgehead atoms. The lowest BCUT2D eigenvalue weighted by atomic mass is 9.99. The first-order chi connectivity index (χ1) is 9.96. The van der Waals surface area contributed by atoms with Gasteiger partial charge in [-0.3, -0.25) is 4.79 Å². The van der Waals surface area contributed by atoms with Crippen LogP contribution in [-0.4, -0.2) is 37.3 Å². The summed E-state index contributed by atoms with van der Waals surface area (Å²) in [6, 6.07) is 6.65. The fourth-order valence-corrected chi connectivity index (χ4v) is 1.69. The minimum Gasteiger partial charge on any atom is -0.480 e. The number of amides is 1. The fraction of sp³-hybridized carbons (Fsp3) is 0.286. The molecule has 0 aliphatic heterocycles. The molecular formula is C14H16N4O3. The highest BCUT2D eigenvalue weighted by Gasteiger charge is 2.33. The number of aliphatic carboxylic acids is 1. The first-order valence-corrected chi connectivity index (χ1v) is 6.49. The Morgan fingerprint density at radius 1 is 1.38 bits per heavy atom. The maximum absolute atomic E-state index is 12.2. The molecule has 0 spiro atoms. The molecule has 2 rings (SSSR count). The monoisotopic (exact) mass is 288 g/mol. The summed E-state index contributed by atoms with van der Waals surface area (Å²) in [7, 11) is 0. The lowest BCUT2D eigenvalue weighted by molar-refractivity contribution is -0.143. The molecule has 0 aliphatic carbocycles. The van der Waals surface area contributed by atoms with Gasteiger partial charge in [-0.25, -0.2) is 14.5 Å². The summed E-state index contributed by atoms with van der Waals surface area (Å²) in [4.78, 5) is 27.6. The summed E-state index contributed by atoms with van der Waals surface area (Å²) < 4.78 is 1.52. The molecular weight excluding hydrogens is 272 g/mol. The van der Waals surface area contributed by atoms with Crippen molar-refractivity contribution >= 4 is 11.9 Å². The molecule has 7 nitrogen and oxygen atoms in total. The molecule has 1 amide bonds. The van der Waals surface area contributed by atoms with E-state index >= 15 is 0 Å². The molecule has 2 N–H and O–H groups in total. The van der Waals surface area contributed by atoms with Crippen LogP contribution in [-0.2, 0) is 4.79 Å². The van der Waals surface area contributed by atoms with Gasteiger partial charge in [0.25, 0.3) is 5.91 Å². The third-order valence-corrected chi connectivity index (χ3v) is 3.27. The minimum absolute atomic E-state index is 0.143. The van der Waals surface area contributed by atoms with E-state index in [2.05, 4.69) is 15.4 Å². The van der Waals surface area contributed by atoms with Gasteiger partial charge in [-0.2, -0.15) is 5.10 Å². The van der Waals surface area contributed by atoms with Crippen LogP contribution in [0.3, 0.4) is 0 Å². The second kappa shape index (κ2) is 5.74. The Balaban J connectivity index is 2.24. The predicted molar refractivity (Wildman–Crippen MR) is 75.2 cm³/mol. The molecule has 0 saturated carbocycles. The maximum Gasteiger partial charge on any atom is 0.329 e. The van der Waals surface area contributed by atoms with E-state index < -0.39 is 17.4 Å². The van der Waals surface area contributed by atoms with E-state index in [0.29, 0.717) is 5.82 Å². The van der Waals surface area contributed by atoms with Crippen molar-refractivity contribution in [2.24, 2.45) is 0 Å². The second-order valence-corrected chi connectivity index (χ2v) is 4.78. The topological polar surface area (TPSA) is 97.1 Å². The zero-order valence-electron chi connectivity index (χ0n) is 11.8. The van der Waals surface area contributed by atoms with Crippen molar-refractivity contribution in [1.82, 2.24) is 20.1 Å². The van der Waals surface area contributed by atoms with Crippen molar-refractivity contribution in [1.29, 1.82) is 0 Å². The number of aromatic nitrogens is 3. The Morgan fingerprint density at radius 2 is 2.14 bits per heavy atom. The SMILES string of the molecule is CCC(C)(NC(=O)c1cccc(-n2cccn2)n1)C(=O)O. The van der Waals surface area contributed by atoms with Gasteiger partial charge in [0.15, 0.2) is 5.82 Å². The number of carbonyl (C=O) groups is 2. The average molecular weight is 288 g/mol. The number of carboxylic acid groups (broad SMARTS) is 1. The van der Waals surface area contributed by atoms with Gasteiger partial charge in [-0.1, -0.05) is 13.0 Å². The van der Waals surface area contributed by atoms with Gasteiger partial charge in [-0.15, -0.1) is 0 Å². The van der Waals surface area contributed by atoms with Gasteiger partial charge < -0.3 is 10.4 Å². The molecule has 7 heteroatoms. The Morgan fingerprint density at radius 3 is 2.71 bits per heavy atom. The molecule has 1 unspecified atom stereocenters. The molecule has 0 aromatic carbocycles. The summed E-state index contributed by atoms with van der Waals surface area (Å²) in [5, 5.41) is 15.7. The molecule has 2 aromatic rings.